The Labute approximate surface area is 127 Å². The van der Waals surface area contributed by atoms with Gasteiger partial charge in [0.25, 0.3) is 5.69 Å². The first-order valence-corrected chi connectivity index (χ1v) is 6.96. The van der Waals surface area contributed by atoms with Crippen LogP contribution >= 0.6 is 0 Å². The van der Waals surface area contributed by atoms with Crippen LogP contribution in [0.2, 0.25) is 0 Å². The van der Waals surface area contributed by atoms with Crippen molar-refractivity contribution in [2.45, 2.75) is 18.4 Å². The number of nitro groups is 1. The molecule has 1 fully saturated rings. The maximum absolute atomic E-state index is 11.2. The third-order valence-corrected chi connectivity index (χ3v) is 3.84. The van der Waals surface area contributed by atoms with E-state index >= 15 is 0 Å². The van der Waals surface area contributed by atoms with Crippen LogP contribution < -0.4 is 11.1 Å². The molecule has 3 rings (SSSR count). The molecule has 0 unspecified atom stereocenters. The Bertz CT molecular complexity index is 731. The molecule has 22 heavy (non-hydrogen) atoms. The van der Waals surface area contributed by atoms with Crippen LogP contribution in [0.15, 0.2) is 48.5 Å². The van der Waals surface area contributed by atoms with Crippen molar-refractivity contribution in [1.82, 2.24) is 0 Å². The second-order valence-corrected chi connectivity index (χ2v) is 5.36. The van der Waals surface area contributed by atoms with Crippen LogP contribution in [-0.2, 0) is 0 Å². The highest BCUT2D eigenvalue weighted by Gasteiger charge is 2.39. The van der Waals surface area contributed by atoms with Gasteiger partial charge in [-0.3, -0.25) is 14.9 Å². The molecule has 0 bridgehead atoms. The minimum absolute atomic E-state index is 0.130. The number of nitrogens with one attached hydrogen (secondary N) is 1. The predicted octanol–water partition coefficient (Wildman–Crippen LogP) is 2.66. The maximum Gasteiger partial charge on any atom is 0.293 e. The number of carbonyl (C=O) groups excluding carboxylic acids is 1. The van der Waals surface area contributed by atoms with Gasteiger partial charge < -0.3 is 11.1 Å². The van der Waals surface area contributed by atoms with Crippen molar-refractivity contribution in [2.75, 3.05) is 5.32 Å². The van der Waals surface area contributed by atoms with E-state index in [1.165, 1.54) is 17.7 Å². The average molecular weight is 297 g/mol. The maximum atomic E-state index is 11.2. The van der Waals surface area contributed by atoms with Crippen LogP contribution in [0.5, 0.6) is 0 Å². The lowest BCUT2D eigenvalue weighted by Gasteiger charge is -2.08. The normalized spacial score (nSPS) is 19.5. The van der Waals surface area contributed by atoms with Crippen molar-refractivity contribution in [3.05, 3.63) is 69.8 Å². The fraction of sp³-hybridized carbons (Fsp3) is 0.188. The fourth-order valence-corrected chi connectivity index (χ4v) is 2.58. The Balaban J connectivity index is 1.79. The number of primary amides is 1. The third kappa shape index (κ3) is 2.76. The highest BCUT2D eigenvalue weighted by Crippen LogP contribution is 2.43. The standard InChI is InChI=1S/C16H15N3O3/c17-16(20)11-6-7-13(15(8-11)19(21)22)18-14-9-12(14)10-4-2-1-3-5-10/h1-8,12,14,18H,9H2,(H2,17,20)/t12-,14-/m1/s1. The number of nitro benzene ring substituents is 1. The second-order valence-electron chi connectivity index (χ2n) is 5.36. The number of benzene rings is 2. The number of nitrogens with zero attached hydrogens (tertiary/aromatic N) is 1. The van der Waals surface area contributed by atoms with E-state index in [1.54, 1.807) is 6.07 Å². The van der Waals surface area contributed by atoms with Gasteiger partial charge in [-0.1, -0.05) is 30.3 Å². The van der Waals surface area contributed by atoms with Crippen LogP contribution in [0.1, 0.15) is 28.3 Å². The molecule has 1 amide bonds. The number of amides is 1. The highest BCUT2D eigenvalue weighted by molar-refractivity contribution is 5.94. The molecular weight excluding hydrogens is 282 g/mol. The first kappa shape index (κ1) is 14.1. The van der Waals surface area contributed by atoms with E-state index in [1.807, 2.05) is 18.2 Å². The average Bonchev–Trinajstić information content (AvgIpc) is 3.27. The molecule has 1 aliphatic rings. The van der Waals surface area contributed by atoms with Crippen molar-refractivity contribution in [2.24, 2.45) is 5.73 Å². The van der Waals surface area contributed by atoms with Gasteiger partial charge in [0.05, 0.1) is 4.92 Å². The zero-order chi connectivity index (χ0) is 15.7. The number of anilines is 1. The van der Waals surface area contributed by atoms with Gasteiger partial charge in [0.2, 0.25) is 5.91 Å². The third-order valence-electron chi connectivity index (χ3n) is 3.84. The fourth-order valence-electron chi connectivity index (χ4n) is 2.58. The number of carbonyl (C=O) groups is 1. The van der Waals surface area contributed by atoms with Crippen molar-refractivity contribution in [3.8, 4) is 0 Å². The van der Waals surface area contributed by atoms with Crippen LogP contribution in [0, 0.1) is 10.1 Å². The van der Waals surface area contributed by atoms with Crippen molar-refractivity contribution in [1.29, 1.82) is 0 Å². The van der Waals surface area contributed by atoms with E-state index in [9.17, 15) is 14.9 Å². The topological polar surface area (TPSA) is 98.3 Å². The molecule has 6 heteroatoms. The van der Waals surface area contributed by atoms with Gasteiger partial charge in [0.15, 0.2) is 0 Å². The lowest BCUT2D eigenvalue weighted by atomic mass is 10.1. The van der Waals surface area contributed by atoms with Gasteiger partial charge in [-0.15, -0.1) is 0 Å². The summed E-state index contributed by atoms with van der Waals surface area (Å²) in [5, 5.41) is 14.4. The SMILES string of the molecule is NC(=O)c1ccc(N[C@@H]2C[C@@H]2c2ccccc2)c([N+](=O)[O-])c1. The molecule has 112 valence electrons. The molecule has 2 atom stereocenters. The zero-order valence-corrected chi connectivity index (χ0v) is 11.7. The van der Waals surface area contributed by atoms with Gasteiger partial charge in [0.1, 0.15) is 5.69 Å². The molecular formula is C16H15N3O3. The molecule has 2 aromatic carbocycles. The predicted molar refractivity (Wildman–Crippen MR) is 82.8 cm³/mol. The van der Waals surface area contributed by atoms with E-state index in [0.29, 0.717) is 11.6 Å². The summed E-state index contributed by atoms with van der Waals surface area (Å²) in [6, 6.07) is 14.4. The quantitative estimate of drug-likeness (QED) is 0.654. The molecule has 6 nitrogen and oxygen atoms in total. The van der Waals surface area contributed by atoms with Crippen molar-refractivity contribution < 1.29 is 9.72 Å². The summed E-state index contributed by atoms with van der Waals surface area (Å²) in [7, 11) is 0. The summed E-state index contributed by atoms with van der Waals surface area (Å²) in [5.74, 6) is -0.320. The van der Waals surface area contributed by atoms with E-state index in [4.69, 9.17) is 5.73 Å². The molecule has 1 aliphatic carbocycles. The molecule has 0 radical (unpaired) electrons. The van der Waals surface area contributed by atoms with Crippen LogP contribution in [-0.4, -0.2) is 16.9 Å². The number of hydrogen-bond acceptors (Lipinski definition) is 4. The minimum atomic E-state index is -0.678. The summed E-state index contributed by atoms with van der Waals surface area (Å²) in [6.07, 6.45) is 0.929. The van der Waals surface area contributed by atoms with Crippen molar-refractivity contribution >= 4 is 17.3 Å². The van der Waals surface area contributed by atoms with E-state index in [-0.39, 0.29) is 17.3 Å². The van der Waals surface area contributed by atoms with E-state index in [2.05, 4.69) is 17.4 Å². The number of rotatable bonds is 5. The molecule has 0 aromatic heterocycles. The van der Waals surface area contributed by atoms with Gasteiger partial charge in [0, 0.05) is 23.6 Å². The monoisotopic (exact) mass is 297 g/mol. The minimum Gasteiger partial charge on any atom is -0.376 e. The molecule has 0 aliphatic heterocycles. The zero-order valence-electron chi connectivity index (χ0n) is 11.7. The molecule has 0 saturated heterocycles. The smallest absolute Gasteiger partial charge is 0.293 e. The Hall–Kier alpha value is -2.89. The van der Waals surface area contributed by atoms with Gasteiger partial charge in [-0.05, 0) is 24.1 Å². The Kier molecular flexibility index (Phi) is 3.50. The summed E-state index contributed by atoms with van der Waals surface area (Å²) in [5.41, 5.74) is 6.80. The molecule has 0 spiro atoms. The van der Waals surface area contributed by atoms with Gasteiger partial charge in [-0.2, -0.15) is 0 Å². The second kappa shape index (κ2) is 5.48. The highest BCUT2D eigenvalue weighted by atomic mass is 16.6. The molecule has 1 saturated carbocycles. The van der Waals surface area contributed by atoms with Crippen LogP contribution in [0.4, 0.5) is 11.4 Å². The van der Waals surface area contributed by atoms with E-state index < -0.39 is 10.8 Å². The van der Waals surface area contributed by atoms with Crippen LogP contribution in [0.25, 0.3) is 0 Å². The summed E-state index contributed by atoms with van der Waals surface area (Å²) >= 11 is 0. The summed E-state index contributed by atoms with van der Waals surface area (Å²) in [4.78, 5) is 21.8. The first-order valence-electron chi connectivity index (χ1n) is 6.96. The van der Waals surface area contributed by atoms with Gasteiger partial charge in [-0.25, -0.2) is 0 Å². The first-order chi connectivity index (χ1) is 10.6. The van der Waals surface area contributed by atoms with Crippen molar-refractivity contribution in [3.63, 3.8) is 0 Å². The van der Waals surface area contributed by atoms with E-state index in [0.717, 1.165) is 6.42 Å². The lowest BCUT2D eigenvalue weighted by molar-refractivity contribution is -0.384. The molecule has 2 aromatic rings. The largest absolute Gasteiger partial charge is 0.376 e. The summed E-state index contributed by atoms with van der Waals surface area (Å²) in [6.45, 7) is 0. The lowest BCUT2D eigenvalue weighted by Crippen LogP contribution is -2.12. The molecule has 3 N–H and O–H groups in total. The van der Waals surface area contributed by atoms with Crippen LogP contribution in [0.3, 0.4) is 0 Å². The Morgan fingerprint density at radius 3 is 2.59 bits per heavy atom. The van der Waals surface area contributed by atoms with Gasteiger partial charge >= 0.3 is 0 Å². The molecule has 0 heterocycles. The number of nitrogens with two attached hydrogens (primary N) is 1. The summed E-state index contributed by atoms with van der Waals surface area (Å²) < 4.78 is 0. The Morgan fingerprint density at radius 2 is 1.95 bits per heavy atom. The Morgan fingerprint density at radius 1 is 1.23 bits per heavy atom. The number of hydrogen-bond donors (Lipinski definition) is 2.